The van der Waals surface area contributed by atoms with Crippen LogP contribution in [0, 0.1) is 0 Å². The van der Waals surface area contributed by atoms with Crippen LogP contribution in [0.4, 0.5) is 4.79 Å². The van der Waals surface area contributed by atoms with Crippen LogP contribution in [0.5, 0.6) is 5.75 Å². The Kier molecular flexibility index (Phi) is 7.08. The SMILES string of the molecule is CCCCOC(=O)N[C@H](Cc1cccc(O)c1)C(=O)OC. The summed E-state index contributed by atoms with van der Waals surface area (Å²) >= 11 is 0. The minimum Gasteiger partial charge on any atom is -0.508 e. The van der Waals surface area contributed by atoms with Crippen molar-refractivity contribution >= 4 is 12.1 Å². The van der Waals surface area contributed by atoms with Crippen molar-refractivity contribution in [1.82, 2.24) is 5.32 Å². The van der Waals surface area contributed by atoms with E-state index in [1.807, 2.05) is 6.92 Å². The number of nitrogens with one attached hydrogen (secondary N) is 1. The predicted molar refractivity (Wildman–Crippen MR) is 77.0 cm³/mol. The maximum absolute atomic E-state index is 11.7. The standard InChI is InChI=1S/C15H21NO5/c1-3-4-8-21-15(19)16-13(14(18)20-2)10-11-6-5-7-12(17)9-11/h5-7,9,13,17H,3-4,8,10H2,1-2H3,(H,16,19)/t13-/m1/s1. The van der Waals surface area contributed by atoms with Gasteiger partial charge in [-0.3, -0.25) is 0 Å². The minimum atomic E-state index is -0.856. The van der Waals surface area contributed by atoms with E-state index in [-0.39, 0.29) is 12.2 Å². The number of hydrogen-bond acceptors (Lipinski definition) is 5. The van der Waals surface area contributed by atoms with Gasteiger partial charge >= 0.3 is 12.1 Å². The highest BCUT2D eigenvalue weighted by Gasteiger charge is 2.22. The van der Waals surface area contributed by atoms with Gasteiger partial charge in [0.1, 0.15) is 11.8 Å². The Morgan fingerprint density at radius 1 is 1.38 bits per heavy atom. The molecule has 0 saturated carbocycles. The summed E-state index contributed by atoms with van der Waals surface area (Å²) in [6.45, 7) is 2.29. The Morgan fingerprint density at radius 3 is 2.76 bits per heavy atom. The van der Waals surface area contributed by atoms with Crippen LogP contribution in [0.15, 0.2) is 24.3 Å². The number of aromatic hydroxyl groups is 1. The molecule has 6 nitrogen and oxygen atoms in total. The molecule has 0 heterocycles. The molecule has 1 aromatic rings. The second-order valence-electron chi connectivity index (χ2n) is 4.58. The molecule has 0 radical (unpaired) electrons. The lowest BCUT2D eigenvalue weighted by atomic mass is 10.1. The number of methoxy groups -OCH3 is 1. The third-order valence-electron chi connectivity index (χ3n) is 2.86. The number of phenolic OH excluding ortho intramolecular Hbond substituents is 1. The third kappa shape index (κ3) is 6.16. The van der Waals surface area contributed by atoms with Gasteiger partial charge in [-0.25, -0.2) is 9.59 Å². The molecule has 1 atom stereocenters. The summed E-state index contributed by atoms with van der Waals surface area (Å²) in [5, 5.41) is 11.9. The van der Waals surface area contributed by atoms with Crippen molar-refractivity contribution in [3.63, 3.8) is 0 Å². The number of benzene rings is 1. The van der Waals surface area contributed by atoms with Gasteiger partial charge in [0, 0.05) is 6.42 Å². The lowest BCUT2D eigenvalue weighted by molar-refractivity contribution is -0.143. The first kappa shape index (κ1) is 16.8. The average Bonchev–Trinajstić information content (AvgIpc) is 2.46. The fourth-order valence-electron chi connectivity index (χ4n) is 1.75. The number of alkyl carbamates (subject to hydrolysis) is 1. The van der Waals surface area contributed by atoms with E-state index in [2.05, 4.69) is 10.1 Å². The summed E-state index contributed by atoms with van der Waals surface area (Å²) < 4.78 is 9.63. The first-order chi connectivity index (χ1) is 10.1. The Hall–Kier alpha value is -2.24. The van der Waals surface area contributed by atoms with Crippen molar-refractivity contribution in [3.8, 4) is 5.75 Å². The zero-order valence-electron chi connectivity index (χ0n) is 12.3. The summed E-state index contributed by atoms with van der Waals surface area (Å²) in [6.07, 6.45) is 1.24. The summed E-state index contributed by atoms with van der Waals surface area (Å²) in [5.74, 6) is -0.465. The van der Waals surface area contributed by atoms with E-state index < -0.39 is 18.1 Å². The molecule has 0 aliphatic heterocycles. The Morgan fingerprint density at radius 2 is 2.14 bits per heavy atom. The second-order valence-corrected chi connectivity index (χ2v) is 4.58. The van der Waals surface area contributed by atoms with Crippen molar-refractivity contribution in [3.05, 3.63) is 29.8 Å². The largest absolute Gasteiger partial charge is 0.508 e. The number of carbonyl (C=O) groups is 2. The molecule has 0 aromatic heterocycles. The molecule has 0 bridgehead atoms. The lowest BCUT2D eigenvalue weighted by Gasteiger charge is -2.16. The number of esters is 1. The van der Waals surface area contributed by atoms with Crippen molar-refractivity contribution in [1.29, 1.82) is 0 Å². The molecule has 21 heavy (non-hydrogen) atoms. The maximum atomic E-state index is 11.7. The summed E-state index contributed by atoms with van der Waals surface area (Å²) in [6, 6.07) is 5.62. The highest BCUT2D eigenvalue weighted by Crippen LogP contribution is 2.13. The molecule has 0 unspecified atom stereocenters. The van der Waals surface area contributed by atoms with Crippen molar-refractivity contribution in [2.75, 3.05) is 13.7 Å². The molecule has 1 amide bonds. The molecule has 116 valence electrons. The highest BCUT2D eigenvalue weighted by atomic mass is 16.6. The molecule has 2 N–H and O–H groups in total. The number of unbranched alkanes of at least 4 members (excludes halogenated alkanes) is 1. The highest BCUT2D eigenvalue weighted by molar-refractivity contribution is 5.81. The monoisotopic (exact) mass is 295 g/mol. The van der Waals surface area contributed by atoms with Crippen molar-refractivity contribution in [2.45, 2.75) is 32.2 Å². The van der Waals surface area contributed by atoms with Gasteiger partial charge in [-0.1, -0.05) is 25.5 Å². The van der Waals surface area contributed by atoms with Gasteiger partial charge < -0.3 is 19.9 Å². The van der Waals surface area contributed by atoms with Crippen LogP contribution >= 0.6 is 0 Å². The zero-order chi connectivity index (χ0) is 15.7. The van der Waals surface area contributed by atoms with E-state index in [9.17, 15) is 14.7 Å². The quantitative estimate of drug-likeness (QED) is 0.593. The van der Waals surface area contributed by atoms with Gasteiger partial charge in [0.2, 0.25) is 0 Å². The molecule has 0 aliphatic carbocycles. The third-order valence-corrected chi connectivity index (χ3v) is 2.86. The average molecular weight is 295 g/mol. The van der Waals surface area contributed by atoms with E-state index in [4.69, 9.17) is 4.74 Å². The summed E-state index contributed by atoms with van der Waals surface area (Å²) in [7, 11) is 1.25. The van der Waals surface area contributed by atoms with E-state index in [0.717, 1.165) is 12.8 Å². The van der Waals surface area contributed by atoms with Crippen LogP contribution in [-0.2, 0) is 20.7 Å². The molecule has 1 aromatic carbocycles. The fourth-order valence-corrected chi connectivity index (χ4v) is 1.75. The molecule has 0 saturated heterocycles. The number of rotatable bonds is 7. The normalized spacial score (nSPS) is 11.5. The summed E-state index contributed by atoms with van der Waals surface area (Å²) in [4.78, 5) is 23.3. The van der Waals surface area contributed by atoms with E-state index in [0.29, 0.717) is 12.2 Å². The van der Waals surface area contributed by atoms with Gasteiger partial charge in [-0.15, -0.1) is 0 Å². The topological polar surface area (TPSA) is 84.9 Å². The van der Waals surface area contributed by atoms with E-state index in [1.54, 1.807) is 12.1 Å². The predicted octanol–water partition coefficient (Wildman–Crippen LogP) is 2.00. The summed E-state index contributed by atoms with van der Waals surface area (Å²) in [5.41, 5.74) is 0.708. The van der Waals surface area contributed by atoms with Gasteiger partial charge in [0.15, 0.2) is 0 Å². The Labute approximate surface area is 124 Å². The number of carbonyl (C=O) groups excluding carboxylic acids is 2. The van der Waals surface area contributed by atoms with Crippen LogP contribution in [0.2, 0.25) is 0 Å². The molecule has 0 aliphatic rings. The number of amides is 1. The molecule has 6 heteroatoms. The Balaban J connectivity index is 2.63. The number of hydrogen-bond donors (Lipinski definition) is 2. The van der Waals surface area contributed by atoms with Crippen LogP contribution in [0.1, 0.15) is 25.3 Å². The smallest absolute Gasteiger partial charge is 0.407 e. The van der Waals surface area contributed by atoms with Gasteiger partial charge in [-0.05, 0) is 24.1 Å². The molecular weight excluding hydrogens is 274 g/mol. The van der Waals surface area contributed by atoms with E-state index in [1.165, 1.54) is 19.2 Å². The number of phenols is 1. The van der Waals surface area contributed by atoms with Crippen molar-refractivity contribution < 1.29 is 24.2 Å². The first-order valence-electron chi connectivity index (χ1n) is 6.85. The lowest BCUT2D eigenvalue weighted by Crippen LogP contribution is -2.43. The maximum Gasteiger partial charge on any atom is 0.407 e. The molecule has 0 spiro atoms. The van der Waals surface area contributed by atoms with Crippen molar-refractivity contribution in [2.24, 2.45) is 0 Å². The fraction of sp³-hybridized carbons (Fsp3) is 0.467. The first-order valence-corrected chi connectivity index (χ1v) is 6.85. The molecule has 0 fully saturated rings. The van der Waals surface area contributed by atoms with Gasteiger partial charge in [0.25, 0.3) is 0 Å². The van der Waals surface area contributed by atoms with Gasteiger partial charge in [-0.2, -0.15) is 0 Å². The van der Waals surface area contributed by atoms with Crippen LogP contribution in [-0.4, -0.2) is 36.9 Å². The Bertz CT molecular complexity index is 475. The minimum absolute atomic E-state index is 0.0987. The molecule has 1 rings (SSSR count). The van der Waals surface area contributed by atoms with Crippen LogP contribution in [0.25, 0.3) is 0 Å². The second kappa shape index (κ2) is 8.84. The molecular formula is C15H21NO5. The number of ether oxygens (including phenoxy) is 2. The zero-order valence-corrected chi connectivity index (χ0v) is 12.3. The van der Waals surface area contributed by atoms with Crippen LogP contribution < -0.4 is 5.32 Å². The van der Waals surface area contributed by atoms with E-state index >= 15 is 0 Å². The van der Waals surface area contributed by atoms with Crippen LogP contribution in [0.3, 0.4) is 0 Å². The van der Waals surface area contributed by atoms with Gasteiger partial charge in [0.05, 0.1) is 13.7 Å².